The minimum Gasteiger partial charge on any atom is -0.384 e. The SMILES string of the molecule is Nc1cc2cnocc-2n1. The van der Waals surface area contributed by atoms with Gasteiger partial charge in [0.05, 0.1) is 6.20 Å². The zero-order chi connectivity index (χ0) is 6.97. The van der Waals surface area contributed by atoms with E-state index in [0.29, 0.717) is 5.82 Å². The molecule has 2 aliphatic heterocycles. The molecule has 50 valence electrons. The summed E-state index contributed by atoms with van der Waals surface area (Å²) in [6, 6.07) is 1.75. The number of hydrogen-bond donors (Lipinski definition) is 1. The largest absolute Gasteiger partial charge is 0.384 e. The first-order valence-electron chi connectivity index (χ1n) is 2.82. The summed E-state index contributed by atoms with van der Waals surface area (Å²) < 4.78 is 4.64. The maximum absolute atomic E-state index is 5.41. The second kappa shape index (κ2) is 1.70. The number of fused-ring (bicyclic) bond motifs is 1. The molecule has 0 radical (unpaired) electrons. The molecule has 4 nitrogen and oxygen atoms in total. The van der Waals surface area contributed by atoms with E-state index in [4.69, 9.17) is 5.73 Å². The molecular weight excluding hydrogens is 130 g/mol. The summed E-state index contributed by atoms with van der Waals surface area (Å²) in [5.41, 5.74) is 7.06. The van der Waals surface area contributed by atoms with Gasteiger partial charge < -0.3 is 10.3 Å². The molecule has 0 fully saturated rings. The van der Waals surface area contributed by atoms with Crippen LogP contribution in [0.25, 0.3) is 11.3 Å². The second-order valence-corrected chi connectivity index (χ2v) is 1.98. The molecule has 2 heterocycles. The van der Waals surface area contributed by atoms with Gasteiger partial charge in [0.1, 0.15) is 17.8 Å². The van der Waals surface area contributed by atoms with Gasteiger partial charge in [0.15, 0.2) is 0 Å². The third-order valence-corrected chi connectivity index (χ3v) is 1.27. The molecule has 0 bridgehead atoms. The van der Waals surface area contributed by atoms with Crippen LogP contribution >= 0.6 is 0 Å². The lowest BCUT2D eigenvalue weighted by molar-refractivity contribution is 0.400. The molecule has 0 aliphatic carbocycles. The van der Waals surface area contributed by atoms with E-state index >= 15 is 0 Å². The van der Waals surface area contributed by atoms with Crippen LogP contribution in [0.5, 0.6) is 0 Å². The van der Waals surface area contributed by atoms with E-state index in [-0.39, 0.29) is 0 Å². The monoisotopic (exact) mass is 135 g/mol. The summed E-state index contributed by atoms with van der Waals surface area (Å²) in [5.74, 6) is 0.498. The Labute approximate surface area is 57.0 Å². The van der Waals surface area contributed by atoms with Crippen molar-refractivity contribution in [2.45, 2.75) is 0 Å². The maximum Gasteiger partial charge on any atom is 0.148 e. The van der Waals surface area contributed by atoms with Crippen LogP contribution in [0.15, 0.2) is 23.0 Å². The Morgan fingerprint density at radius 1 is 1.50 bits per heavy atom. The Hall–Kier alpha value is -1.58. The summed E-state index contributed by atoms with van der Waals surface area (Å²) >= 11 is 0. The molecule has 0 aromatic rings. The summed E-state index contributed by atoms with van der Waals surface area (Å²) in [4.78, 5) is 3.96. The van der Waals surface area contributed by atoms with Crippen molar-refractivity contribution in [3.8, 4) is 11.3 Å². The molecule has 0 aromatic carbocycles. The predicted molar refractivity (Wildman–Crippen MR) is 35.3 cm³/mol. The molecule has 0 aromatic heterocycles. The van der Waals surface area contributed by atoms with E-state index in [1.807, 2.05) is 0 Å². The number of nitrogens with two attached hydrogens (primary N) is 1. The molecule has 0 spiro atoms. The Morgan fingerprint density at radius 2 is 2.40 bits per heavy atom. The average molecular weight is 135 g/mol. The van der Waals surface area contributed by atoms with Gasteiger partial charge in [0.25, 0.3) is 0 Å². The maximum atomic E-state index is 5.41. The topological polar surface area (TPSA) is 64.9 Å². The Bertz CT molecular complexity index is 287. The van der Waals surface area contributed by atoms with Crippen LogP contribution in [-0.2, 0) is 0 Å². The first-order chi connectivity index (χ1) is 4.86. The lowest BCUT2D eigenvalue weighted by atomic mass is 10.3. The highest BCUT2D eigenvalue weighted by molar-refractivity contribution is 5.64. The highest BCUT2D eigenvalue weighted by atomic mass is 16.4. The fourth-order valence-electron chi connectivity index (χ4n) is 0.835. The van der Waals surface area contributed by atoms with Crippen LogP contribution in [-0.4, -0.2) is 10.1 Å². The molecule has 0 saturated carbocycles. The van der Waals surface area contributed by atoms with Crippen LogP contribution in [0.1, 0.15) is 0 Å². The van der Waals surface area contributed by atoms with Crippen LogP contribution in [0.2, 0.25) is 0 Å². The van der Waals surface area contributed by atoms with Crippen LogP contribution in [0, 0.1) is 0 Å². The van der Waals surface area contributed by atoms with E-state index < -0.39 is 0 Å². The third-order valence-electron chi connectivity index (χ3n) is 1.27. The Kier molecular flexibility index (Phi) is 0.887. The van der Waals surface area contributed by atoms with Crippen molar-refractivity contribution in [2.75, 3.05) is 5.73 Å². The molecular formula is C6H5N3O. The smallest absolute Gasteiger partial charge is 0.148 e. The van der Waals surface area contributed by atoms with Gasteiger partial charge in [-0.3, -0.25) is 0 Å². The number of nitrogen functional groups attached to an aromatic ring is 1. The van der Waals surface area contributed by atoms with Crippen LogP contribution in [0.3, 0.4) is 0 Å². The predicted octanol–water partition coefficient (Wildman–Crippen LogP) is 0.757. The lowest BCUT2D eigenvalue weighted by Gasteiger charge is -1.88. The van der Waals surface area contributed by atoms with Crippen molar-refractivity contribution < 1.29 is 4.52 Å². The molecule has 2 N–H and O–H groups in total. The van der Waals surface area contributed by atoms with Gasteiger partial charge >= 0.3 is 0 Å². The Balaban J connectivity index is 2.76. The van der Waals surface area contributed by atoms with Gasteiger partial charge in [0, 0.05) is 5.56 Å². The summed E-state index contributed by atoms with van der Waals surface area (Å²) in [7, 11) is 0. The quantitative estimate of drug-likeness (QED) is 0.579. The highest BCUT2D eigenvalue weighted by Crippen LogP contribution is 2.20. The fourth-order valence-corrected chi connectivity index (χ4v) is 0.835. The number of rotatable bonds is 0. The summed E-state index contributed by atoms with van der Waals surface area (Å²) in [6.45, 7) is 0. The zero-order valence-corrected chi connectivity index (χ0v) is 5.11. The lowest BCUT2D eigenvalue weighted by Crippen LogP contribution is -1.80. The molecule has 0 saturated heterocycles. The van der Waals surface area contributed by atoms with E-state index in [0.717, 1.165) is 11.3 Å². The van der Waals surface area contributed by atoms with Crippen molar-refractivity contribution in [1.82, 2.24) is 10.1 Å². The number of aromatic nitrogens is 2. The molecule has 10 heavy (non-hydrogen) atoms. The number of hydrogen-bond acceptors (Lipinski definition) is 4. The van der Waals surface area contributed by atoms with Gasteiger partial charge in [-0.25, -0.2) is 4.98 Å². The highest BCUT2D eigenvalue weighted by Gasteiger charge is 2.05. The van der Waals surface area contributed by atoms with Crippen molar-refractivity contribution in [3.63, 3.8) is 0 Å². The number of nitrogens with zero attached hydrogens (tertiary/aromatic N) is 2. The minimum atomic E-state index is 0.498. The van der Waals surface area contributed by atoms with Crippen LogP contribution in [0.4, 0.5) is 5.82 Å². The van der Waals surface area contributed by atoms with Crippen molar-refractivity contribution in [3.05, 3.63) is 18.5 Å². The zero-order valence-electron chi connectivity index (χ0n) is 5.11. The first kappa shape index (κ1) is 5.22. The first-order valence-corrected chi connectivity index (χ1v) is 2.82. The molecule has 0 atom stereocenters. The molecule has 2 aliphatic rings. The van der Waals surface area contributed by atoms with Crippen molar-refractivity contribution in [2.24, 2.45) is 0 Å². The summed E-state index contributed by atoms with van der Waals surface area (Å²) in [6.07, 6.45) is 3.05. The van der Waals surface area contributed by atoms with Crippen LogP contribution < -0.4 is 5.73 Å². The van der Waals surface area contributed by atoms with Crippen molar-refractivity contribution in [1.29, 1.82) is 0 Å². The van der Waals surface area contributed by atoms with Gasteiger partial charge in [-0.05, 0) is 6.07 Å². The normalized spacial score (nSPS) is 10.4. The Morgan fingerprint density at radius 3 is 3.20 bits per heavy atom. The van der Waals surface area contributed by atoms with E-state index in [1.165, 1.54) is 6.26 Å². The fraction of sp³-hybridized carbons (Fsp3) is 0. The van der Waals surface area contributed by atoms with Gasteiger partial charge in [-0.1, -0.05) is 5.16 Å². The average Bonchev–Trinajstić information content (AvgIpc) is 2.27. The standard InChI is InChI=1S/C6H5N3O/c7-6-1-4-2-8-10-3-5(4)9-6/h1-3H,(H2,7,9). The second-order valence-electron chi connectivity index (χ2n) is 1.98. The number of anilines is 1. The van der Waals surface area contributed by atoms with E-state index in [9.17, 15) is 0 Å². The third kappa shape index (κ3) is 0.621. The molecule has 2 rings (SSSR count). The van der Waals surface area contributed by atoms with E-state index in [2.05, 4.69) is 14.7 Å². The summed E-state index contributed by atoms with van der Waals surface area (Å²) in [5, 5.41) is 3.56. The molecule has 0 amide bonds. The van der Waals surface area contributed by atoms with E-state index in [1.54, 1.807) is 12.3 Å². The molecule has 0 unspecified atom stereocenters. The van der Waals surface area contributed by atoms with Gasteiger partial charge in [-0.2, -0.15) is 0 Å². The molecule has 4 heteroatoms. The van der Waals surface area contributed by atoms with Gasteiger partial charge in [0.2, 0.25) is 0 Å². The van der Waals surface area contributed by atoms with Gasteiger partial charge in [-0.15, -0.1) is 0 Å². The minimum absolute atomic E-state index is 0.498. The van der Waals surface area contributed by atoms with Crippen molar-refractivity contribution >= 4 is 5.82 Å².